The maximum absolute atomic E-state index is 11.2. The molecule has 0 aliphatic heterocycles. The molecule has 0 atom stereocenters. The first-order chi connectivity index (χ1) is 6.50. The second-order valence-corrected chi connectivity index (χ2v) is 3.47. The van der Waals surface area contributed by atoms with Crippen molar-refractivity contribution in [3.8, 4) is 5.75 Å². The third kappa shape index (κ3) is 2.62. The zero-order chi connectivity index (χ0) is 10.7. The molecule has 0 aliphatic carbocycles. The molecule has 0 unspecified atom stereocenters. The normalized spacial score (nSPS) is 10.3. The molecule has 2 nitrogen and oxygen atoms in total. The van der Waals surface area contributed by atoms with Gasteiger partial charge in [-0.3, -0.25) is 4.79 Å². The predicted octanol–water partition coefficient (Wildman–Crippen LogP) is 1.47. The van der Waals surface area contributed by atoms with Crippen molar-refractivity contribution in [3.63, 3.8) is 0 Å². The molecule has 0 bridgehead atoms. The Balaban J connectivity index is 3.00. The number of hydrogen-bond acceptors (Lipinski definition) is 2. The van der Waals surface area contributed by atoms with E-state index >= 15 is 0 Å². The smallest absolute Gasteiger partial charge is 0.159 e. The first-order valence-corrected chi connectivity index (χ1v) is 4.58. The van der Waals surface area contributed by atoms with Crippen molar-refractivity contribution in [2.45, 2.75) is 26.9 Å². The van der Waals surface area contributed by atoms with E-state index in [0.717, 1.165) is 0 Å². The maximum Gasteiger partial charge on any atom is 0.159 e. The van der Waals surface area contributed by atoms with Gasteiger partial charge in [-0.05, 0) is 32.9 Å². The van der Waals surface area contributed by atoms with Gasteiger partial charge >= 0.3 is 0 Å². The van der Waals surface area contributed by atoms with Crippen LogP contribution in [0.1, 0.15) is 31.1 Å². The molecule has 0 aromatic heterocycles. The van der Waals surface area contributed by atoms with E-state index in [1.165, 1.54) is 6.92 Å². The number of ketones is 1. The van der Waals surface area contributed by atoms with E-state index < -0.39 is 0 Å². The molecule has 0 fully saturated rings. The Hall–Kier alpha value is -1.25. The summed E-state index contributed by atoms with van der Waals surface area (Å²) in [5.41, 5.74) is 1.01. The Morgan fingerprint density at radius 2 is 2.07 bits per heavy atom. The van der Waals surface area contributed by atoms with E-state index in [9.17, 15) is 4.79 Å². The lowest BCUT2D eigenvalue weighted by Crippen LogP contribution is -2.15. The van der Waals surface area contributed by atoms with Crippen molar-refractivity contribution in [2.24, 2.45) is 0 Å². The Bertz CT molecular complexity index is 345. The molecule has 0 saturated carbocycles. The molecule has 0 heterocycles. The summed E-state index contributed by atoms with van der Waals surface area (Å²) in [6.07, 6.45) is 0.0958. The average Bonchev–Trinajstić information content (AvgIpc) is 2.07. The van der Waals surface area contributed by atoms with Crippen LogP contribution in [0.15, 0.2) is 18.2 Å². The van der Waals surface area contributed by atoms with Crippen molar-refractivity contribution in [1.82, 2.24) is 0 Å². The molecule has 0 aliphatic rings. The second-order valence-electron chi connectivity index (χ2n) is 3.47. The third-order valence-electron chi connectivity index (χ3n) is 1.78. The van der Waals surface area contributed by atoms with Gasteiger partial charge in [0.1, 0.15) is 13.6 Å². The van der Waals surface area contributed by atoms with Crippen LogP contribution in [0.3, 0.4) is 0 Å². The number of rotatable bonds is 3. The second kappa shape index (κ2) is 4.31. The van der Waals surface area contributed by atoms with Crippen molar-refractivity contribution >= 4 is 19.1 Å². The van der Waals surface area contributed by atoms with Crippen LogP contribution in [0.4, 0.5) is 0 Å². The van der Waals surface area contributed by atoms with E-state index in [0.29, 0.717) is 16.8 Å². The van der Waals surface area contributed by atoms with E-state index in [4.69, 9.17) is 12.6 Å². The number of ether oxygens (including phenoxy) is 1. The molecule has 0 saturated heterocycles. The van der Waals surface area contributed by atoms with Crippen LogP contribution >= 0.6 is 0 Å². The zero-order valence-electron chi connectivity index (χ0n) is 8.70. The van der Waals surface area contributed by atoms with E-state index in [2.05, 4.69) is 0 Å². The van der Waals surface area contributed by atoms with E-state index in [1.807, 2.05) is 13.8 Å². The van der Waals surface area contributed by atoms with Crippen molar-refractivity contribution in [1.29, 1.82) is 0 Å². The number of carbonyl (C=O) groups excluding carboxylic acids is 1. The molecule has 1 rings (SSSR count). The number of carbonyl (C=O) groups is 1. The van der Waals surface area contributed by atoms with Crippen molar-refractivity contribution in [3.05, 3.63) is 23.8 Å². The Labute approximate surface area is 85.7 Å². The molecular formula is C11H13BO2. The van der Waals surface area contributed by atoms with Crippen LogP contribution in [-0.4, -0.2) is 19.7 Å². The summed E-state index contributed by atoms with van der Waals surface area (Å²) in [6.45, 7) is 5.36. The van der Waals surface area contributed by atoms with Crippen LogP contribution in [0, 0.1) is 0 Å². The van der Waals surface area contributed by atoms with Crippen LogP contribution in [-0.2, 0) is 0 Å². The van der Waals surface area contributed by atoms with Crippen LogP contribution in [0.25, 0.3) is 0 Å². The highest BCUT2D eigenvalue weighted by Crippen LogP contribution is 2.13. The Morgan fingerprint density at radius 3 is 2.57 bits per heavy atom. The Kier molecular flexibility index (Phi) is 3.34. The highest BCUT2D eigenvalue weighted by molar-refractivity contribution is 6.36. The van der Waals surface area contributed by atoms with Gasteiger partial charge in [-0.2, -0.15) is 0 Å². The fraction of sp³-hybridized carbons (Fsp3) is 0.364. The number of Topliss-reactive ketones (excluding diaryl/α,β-unsaturated/α-hetero) is 1. The summed E-state index contributed by atoms with van der Waals surface area (Å²) in [5, 5.41) is 0. The van der Waals surface area contributed by atoms with Gasteiger partial charge in [0.15, 0.2) is 5.78 Å². The maximum atomic E-state index is 11.2. The molecule has 0 spiro atoms. The minimum atomic E-state index is -0.0447. The Morgan fingerprint density at radius 1 is 1.43 bits per heavy atom. The highest BCUT2D eigenvalue weighted by Gasteiger charge is 2.05. The van der Waals surface area contributed by atoms with Gasteiger partial charge in [-0.25, -0.2) is 0 Å². The van der Waals surface area contributed by atoms with Gasteiger partial charge in [0, 0.05) is 5.56 Å². The summed E-state index contributed by atoms with van der Waals surface area (Å²) in [5.74, 6) is 0.635. The monoisotopic (exact) mass is 188 g/mol. The van der Waals surface area contributed by atoms with Crippen molar-refractivity contribution in [2.75, 3.05) is 0 Å². The van der Waals surface area contributed by atoms with Gasteiger partial charge in [0.2, 0.25) is 0 Å². The van der Waals surface area contributed by atoms with Gasteiger partial charge in [0.05, 0.1) is 6.10 Å². The largest absolute Gasteiger partial charge is 0.491 e. The molecule has 0 N–H and O–H groups in total. The zero-order valence-corrected chi connectivity index (χ0v) is 8.70. The lowest BCUT2D eigenvalue weighted by molar-refractivity contribution is 0.101. The summed E-state index contributed by atoms with van der Waals surface area (Å²) in [4.78, 5) is 11.2. The fourth-order valence-electron chi connectivity index (χ4n) is 1.19. The first-order valence-electron chi connectivity index (χ1n) is 4.58. The number of benzene rings is 1. The summed E-state index contributed by atoms with van der Waals surface area (Å²) in [6, 6.07) is 5.13. The predicted molar refractivity (Wildman–Crippen MR) is 57.6 cm³/mol. The van der Waals surface area contributed by atoms with E-state index in [-0.39, 0.29) is 11.9 Å². The van der Waals surface area contributed by atoms with E-state index in [1.54, 1.807) is 18.2 Å². The molecule has 72 valence electrons. The van der Waals surface area contributed by atoms with Gasteiger partial charge in [0.25, 0.3) is 0 Å². The molecule has 14 heavy (non-hydrogen) atoms. The van der Waals surface area contributed by atoms with Gasteiger partial charge in [-0.1, -0.05) is 11.5 Å². The summed E-state index contributed by atoms with van der Waals surface area (Å²) >= 11 is 0. The first kappa shape index (κ1) is 10.8. The van der Waals surface area contributed by atoms with Crippen LogP contribution in [0.2, 0.25) is 0 Å². The lowest BCUT2D eigenvalue weighted by Gasteiger charge is -2.11. The summed E-state index contributed by atoms with van der Waals surface area (Å²) < 4.78 is 5.45. The minimum absolute atomic E-state index is 0.0447. The molecular weight excluding hydrogens is 175 g/mol. The summed E-state index contributed by atoms with van der Waals surface area (Å²) in [7, 11) is 5.64. The number of hydrogen-bond donors (Lipinski definition) is 0. The fourth-order valence-corrected chi connectivity index (χ4v) is 1.19. The third-order valence-corrected chi connectivity index (χ3v) is 1.78. The topological polar surface area (TPSA) is 26.3 Å². The standard InChI is InChI=1S/C11H13BO2/c1-7(2)14-9-4-5-11(12)10(6-9)8(3)13/h4-7H,1-3H3. The SMILES string of the molecule is [B]c1ccc(OC(C)C)cc1C(C)=O. The van der Waals surface area contributed by atoms with Crippen LogP contribution < -0.4 is 10.2 Å². The van der Waals surface area contributed by atoms with Gasteiger partial charge < -0.3 is 4.74 Å². The average molecular weight is 188 g/mol. The minimum Gasteiger partial charge on any atom is -0.491 e. The van der Waals surface area contributed by atoms with Crippen LogP contribution in [0.5, 0.6) is 5.75 Å². The highest BCUT2D eigenvalue weighted by atomic mass is 16.5. The molecule has 3 heteroatoms. The molecule has 1 aromatic rings. The molecule has 1 aromatic carbocycles. The lowest BCUT2D eigenvalue weighted by atomic mass is 9.89. The quantitative estimate of drug-likeness (QED) is 0.530. The van der Waals surface area contributed by atoms with Crippen molar-refractivity contribution < 1.29 is 9.53 Å². The molecule has 2 radical (unpaired) electrons. The van der Waals surface area contributed by atoms with Gasteiger partial charge in [-0.15, -0.1) is 0 Å². The molecule has 0 amide bonds.